The molecular formula is C22H21NO3. The lowest BCUT2D eigenvalue weighted by Crippen LogP contribution is -2.05. The molecule has 26 heavy (non-hydrogen) atoms. The van der Waals surface area contributed by atoms with Crippen molar-refractivity contribution in [3.63, 3.8) is 0 Å². The zero-order valence-corrected chi connectivity index (χ0v) is 14.9. The SMILES string of the molecule is C=CCOc1cccc(/C=C2\N=C(c3ccc(C(C)C)cc3)OC2=O)c1. The number of esters is 1. The number of cyclic esters (lactones) is 1. The molecule has 0 aliphatic carbocycles. The van der Waals surface area contributed by atoms with E-state index in [1.165, 1.54) is 5.56 Å². The summed E-state index contributed by atoms with van der Waals surface area (Å²) in [5.41, 5.74) is 3.10. The van der Waals surface area contributed by atoms with Gasteiger partial charge in [0.2, 0.25) is 5.90 Å². The first-order chi connectivity index (χ1) is 12.6. The number of hydrogen-bond donors (Lipinski definition) is 0. The summed E-state index contributed by atoms with van der Waals surface area (Å²) in [7, 11) is 0. The van der Waals surface area contributed by atoms with Crippen LogP contribution in [0.4, 0.5) is 0 Å². The predicted octanol–water partition coefficient (Wildman–Crippen LogP) is 4.72. The zero-order valence-electron chi connectivity index (χ0n) is 14.9. The molecule has 0 unspecified atom stereocenters. The highest BCUT2D eigenvalue weighted by molar-refractivity contribution is 6.12. The van der Waals surface area contributed by atoms with E-state index in [9.17, 15) is 4.79 Å². The third-order valence-corrected chi connectivity index (χ3v) is 3.97. The normalized spacial score (nSPS) is 15.1. The number of rotatable bonds is 6. The highest BCUT2D eigenvalue weighted by atomic mass is 16.6. The minimum Gasteiger partial charge on any atom is -0.490 e. The van der Waals surface area contributed by atoms with Gasteiger partial charge in [0.1, 0.15) is 12.4 Å². The van der Waals surface area contributed by atoms with E-state index >= 15 is 0 Å². The summed E-state index contributed by atoms with van der Waals surface area (Å²) in [4.78, 5) is 16.5. The minimum absolute atomic E-state index is 0.272. The number of aliphatic imine (C=N–C) groups is 1. The Morgan fingerprint density at radius 3 is 2.65 bits per heavy atom. The molecule has 0 atom stereocenters. The van der Waals surface area contributed by atoms with E-state index in [0.29, 0.717) is 24.2 Å². The molecule has 4 nitrogen and oxygen atoms in total. The quantitative estimate of drug-likeness (QED) is 0.431. The molecule has 1 aliphatic rings. The Hall–Kier alpha value is -3.14. The van der Waals surface area contributed by atoms with Crippen molar-refractivity contribution < 1.29 is 14.3 Å². The van der Waals surface area contributed by atoms with Crippen LogP contribution >= 0.6 is 0 Å². The smallest absolute Gasteiger partial charge is 0.363 e. The zero-order chi connectivity index (χ0) is 18.5. The second kappa shape index (κ2) is 7.83. The van der Waals surface area contributed by atoms with Crippen LogP contribution in [0.25, 0.3) is 6.08 Å². The number of carbonyl (C=O) groups is 1. The fourth-order valence-corrected chi connectivity index (χ4v) is 2.55. The molecule has 0 bridgehead atoms. The summed E-state index contributed by atoms with van der Waals surface area (Å²) in [5.74, 6) is 1.03. The number of benzene rings is 2. The van der Waals surface area contributed by atoms with Gasteiger partial charge in [-0.1, -0.05) is 50.8 Å². The van der Waals surface area contributed by atoms with Crippen LogP contribution in [-0.2, 0) is 9.53 Å². The van der Waals surface area contributed by atoms with E-state index in [2.05, 4.69) is 25.4 Å². The van der Waals surface area contributed by atoms with Crippen molar-refractivity contribution in [1.29, 1.82) is 0 Å². The number of nitrogens with zero attached hydrogens (tertiary/aromatic N) is 1. The topological polar surface area (TPSA) is 47.9 Å². The third-order valence-electron chi connectivity index (χ3n) is 3.97. The maximum absolute atomic E-state index is 12.1. The molecule has 2 aromatic carbocycles. The van der Waals surface area contributed by atoms with Crippen molar-refractivity contribution in [2.24, 2.45) is 4.99 Å². The average Bonchev–Trinajstić information content (AvgIpc) is 3.01. The van der Waals surface area contributed by atoms with Crippen molar-refractivity contribution in [3.8, 4) is 5.75 Å². The van der Waals surface area contributed by atoms with Crippen LogP contribution < -0.4 is 4.74 Å². The first kappa shape index (κ1) is 17.7. The van der Waals surface area contributed by atoms with Gasteiger partial charge in [-0.2, -0.15) is 0 Å². The van der Waals surface area contributed by atoms with E-state index in [1.807, 2.05) is 48.5 Å². The largest absolute Gasteiger partial charge is 0.490 e. The molecule has 0 saturated heterocycles. The fourth-order valence-electron chi connectivity index (χ4n) is 2.55. The molecule has 4 heteroatoms. The number of carbonyl (C=O) groups excluding carboxylic acids is 1. The lowest BCUT2D eigenvalue weighted by atomic mass is 10.0. The third kappa shape index (κ3) is 4.09. The molecule has 2 aromatic rings. The van der Waals surface area contributed by atoms with Gasteiger partial charge in [0.05, 0.1) is 0 Å². The number of ether oxygens (including phenoxy) is 2. The standard InChI is InChI=1S/C22H21NO3/c1-4-12-25-19-7-5-6-16(13-19)14-20-22(24)26-21(23-20)18-10-8-17(9-11-18)15(2)3/h4-11,13-15H,1,12H2,2-3H3/b20-14-. The van der Waals surface area contributed by atoms with Crippen LogP contribution in [0.5, 0.6) is 5.75 Å². The highest BCUT2D eigenvalue weighted by Gasteiger charge is 2.24. The van der Waals surface area contributed by atoms with Crippen molar-refractivity contribution in [2.75, 3.05) is 6.61 Å². The van der Waals surface area contributed by atoms with Crippen molar-refractivity contribution in [3.05, 3.63) is 83.6 Å². The Labute approximate surface area is 153 Å². The summed E-state index contributed by atoms with van der Waals surface area (Å²) in [5, 5.41) is 0. The van der Waals surface area contributed by atoms with E-state index in [4.69, 9.17) is 9.47 Å². The van der Waals surface area contributed by atoms with Crippen LogP contribution in [0.15, 0.2) is 71.9 Å². The predicted molar refractivity (Wildman–Crippen MR) is 103 cm³/mol. The van der Waals surface area contributed by atoms with Gasteiger partial charge in [-0.3, -0.25) is 0 Å². The summed E-state index contributed by atoms with van der Waals surface area (Å²) in [6.07, 6.45) is 3.37. The van der Waals surface area contributed by atoms with Gasteiger partial charge in [-0.15, -0.1) is 0 Å². The van der Waals surface area contributed by atoms with Crippen molar-refractivity contribution in [1.82, 2.24) is 0 Å². The van der Waals surface area contributed by atoms with Crippen LogP contribution in [0, 0.1) is 0 Å². The van der Waals surface area contributed by atoms with Gasteiger partial charge >= 0.3 is 5.97 Å². The van der Waals surface area contributed by atoms with E-state index in [-0.39, 0.29) is 5.70 Å². The second-order valence-electron chi connectivity index (χ2n) is 6.28. The fraction of sp³-hybridized carbons (Fsp3) is 0.182. The lowest BCUT2D eigenvalue weighted by molar-refractivity contribution is -0.129. The molecule has 0 saturated carbocycles. The maximum Gasteiger partial charge on any atom is 0.363 e. The van der Waals surface area contributed by atoms with Gasteiger partial charge in [-0.05, 0) is 47.4 Å². The first-order valence-electron chi connectivity index (χ1n) is 8.53. The summed E-state index contributed by atoms with van der Waals surface area (Å²) in [6.45, 7) is 8.32. The van der Waals surface area contributed by atoms with Crippen LogP contribution in [0.1, 0.15) is 36.5 Å². The van der Waals surface area contributed by atoms with Gasteiger partial charge in [0.15, 0.2) is 5.70 Å². The Morgan fingerprint density at radius 2 is 1.96 bits per heavy atom. The molecule has 3 rings (SSSR count). The van der Waals surface area contributed by atoms with Crippen LogP contribution in [0.3, 0.4) is 0 Å². The number of hydrogen-bond acceptors (Lipinski definition) is 4. The minimum atomic E-state index is -0.453. The molecule has 0 N–H and O–H groups in total. The molecule has 0 amide bonds. The van der Waals surface area contributed by atoms with E-state index in [0.717, 1.165) is 11.1 Å². The van der Waals surface area contributed by atoms with Crippen molar-refractivity contribution >= 4 is 17.9 Å². The molecule has 0 fully saturated rings. The molecule has 0 aromatic heterocycles. The maximum atomic E-state index is 12.1. The molecule has 0 spiro atoms. The van der Waals surface area contributed by atoms with Crippen LogP contribution in [-0.4, -0.2) is 18.5 Å². The Balaban J connectivity index is 1.83. The Bertz CT molecular complexity index is 877. The second-order valence-corrected chi connectivity index (χ2v) is 6.28. The van der Waals surface area contributed by atoms with Crippen molar-refractivity contribution in [2.45, 2.75) is 19.8 Å². The average molecular weight is 347 g/mol. The summed E-state index contributed by atoms with van der Waals surface area (Å²) in [6, 6.07) is 15.3. The Morgan fingerprint density at radius 1 is 1.19 bits per heavy atom. The summed E-state index contributed by atoms with van der Waals surface area (Å²) >= 11 is 0. The van der Waals surface area contributed by atoms with Gasteiger partial charge < -0.3 is 9.47 Å². The Kier molecular flexibility index (Phi) is 5.32. The van der Waals surface area contributed by atoms with E-state index in [1.54, 1.807) is 12.2 Å². The van der Waals surface area contributed by atoms with Gasteiger partial charge in [-0.25, -0.2) is 9.79 Å². The molecule has 1 heterocycles. The first-order valence-corrected chi connectivity index (χ1v) is 8.53. The van der Waals surface area contributed by atoms with E-state index < -0.39 is 5.97 Å². The molecular weight excluding hydrogens is 326 g/mol. The van der Waals surface area contributed by atoms with Gasteiger partial charge in [0.25, 0.3) is 0 Å². The lowest BCUT2D eigenvalue weighted by Gasteiger charge is -2.05. The van der Waals surface area contributed by atoms with Crippen LogP contribution in [0.2, 0.25) is 0 Å². The molecule has 1 aliphatic heterocycles. The monoisotopic (exact) mass is 347 g/mol. The molecule has 0 radical (unpaired) electrons. The highest BCUT2D eigenvalue weighted by Crippen LogP contribution is 2.22. The van der Waals surface area contributed by atoms with Gasteiger partial charge in [0, 0.05) is 5.56 Å². The molecule has 132 valence electrons. The summed E-state index contributed by atoms with van der Waals surface area (Å²) < 4.78 is 10.8.